The maximum Gasteiger partial charge on any atom is 0.403 e. The fraction of sp³-hybridized carbons (Fsp3) is 0.643. The number of carbonyl (C=O) groups excluding carboxylic acids is 2. The van der Waals surface area contributed by atoms with Gasteiger partial charge in [0.05, 0.1) is 78.9 Å². The Hall–Kier alpha value is -3.96. The fourth-order valence-corrected chi connectivity index (χ4v) is 9.03. The van der Waals surface area contributed by atoms with Crippen molar-refractivity contribution in [1.82, 2.24) is 20.0 Å². The van der Waals surface area contributed by atoms with Crippen LogP contribution in [0.1, 0.15) is 87.4 Å². The average molecular weight is 967 g/mol. The highest BCUT2D eigenvalue weighted by molar-refractivity contribution is 7.91. The van der Waals surface area contributed by atoms with E-state index in [4.69, 9.17) is 48.1 Å². The van der Waals surface area contributed by atoms with E-state index >= 15 is 0 Å². The standard InChI is InChI=1S/C17H27N3O4S.C10H13NO5S.C7H16N2.C5H11NO.C3H5ClO2/c1-4-12-7-6-8-20(12)11-19-17(21)13-9-16(25(22,23)5-2)14(18)10-15(13)24-3;1-3-17(14,15)9-4-6(10(12)13)8(16-2)5-7(9)11;1-2-9-5-3-4-7(9)6-8;1-6-2-4-7-5-3-6;1-2-6-3(4)5/h9-10,12H,4-8,11,18H2,1-3H3,(H,19,21);4-5H,3,11H2,1-2H3,(H,12,13);7H,2-6,8H2,1H3;2-5H2,1H3;2H2,1H3/t;;7-;;/m..0../s1. The van der Waals surface area contributed by atoms with Gasteiger partial charge in [0, 0.05) is 62.0 Å². The zero-order chi connectivity index (χ0) is 48.6. The molecule has 3 aliphatic heterocycles. The first kappa shape index (κ1) is 58.1. The van der Waals surface area contributed by atoms with Crippen LogP contribution in [0.3, 0.4) is 0 Å². The van der Waals surface area contributed by atoms with Crippen molar-refractivity contribution in [2.75, 3.05) is 110 Å². The first-order valence-corrected chi connectivity index (χ1v) is 25.1. The molecular formula is C42H72ClN7O12S2. The fourth-order valence-electron chi connectivity index (χ4n) is 6.86. The Bertz CT molecular complexity index is 1980. The SMILES string of the molecule is CCC1CCCN1CNC(=O)c1cc(S(=O)(=O)CC)c(N)cc1OC.CCN1CCC[C@H]1CN.CCOC(=O)Cl.CCS(=O)(=O)c1cc(C(=O)O)c(OC)cc1N.CN1CCOCC1. The van der Waals surface area contributed by atoms with Crippen LogP contribution < -0.4 is 32.0 Å². The number of halogens is 1. The van der Waals surface area contributed by atoms with Crippen molar-refractivity contribution >= 4 is 60.0 Å². The van der Waals surface area contributed by atoms with Crippen LogP contribution in [-0.2, 0) is 29.1 Å². The summed E-state index contributed by atoms with van der Waals surface area (Å²) in [6.45, 7) is 18.1. The number of nitrogens with one attached hydrogen (secondary N) is 1. The maximum absolute atomic E-state index is 12.6. The number of anilines is 2. The lowest BCUT2D eigenvalue weighted by Gasteiger charge is -2.23. The highest BCUT2D eigenvalue weighted by Gasteiger charge is 2.26. The number of aromatic carboxylic acids is 1. The molecule has 366 valence electrons. The molecule has 2 aromatic carbocycles. The van der Waals surface area contributed by atoms with Gasteiger partial charge >= 0.3 is 11.4 Å². The number of carboxylic acids is 1. The van der Waals surface area contributed by atoms with Gasteiger partial charge in [-0.1, -0.05) is 27.7 Å². The minimum absolute atomic E-state index is 0.0197. The van der Waals surface area contributed by atoms with Crippen molar-refractivity contribution < 1.29 is 55.3 Å². The molecule has 0 aromatic heterocycles. The normalized spacial score (nSPS) is 17.7. The number of hydrogen-bond acceptors (Lipinski definition) is 17. The molecule has 3 fully saturated rings. The van der Waals surface area contributed by atoms with Gasteiger partial charge in [0.15, 0.2) is 19.7 Å². The number of nitrogens with zero attached hydrogens (tertiary/aromatic N) is 3. The molecule has 0 saturated carbocycles. The van der Waals surface area contributed by atoms with Gasteiger partial charge in [0.2, 0.25) is 0 Å². The first-order valence-electron chi connectivity index (χ1n) is 21.4. The Morgan fingerprint density at radius 1 is 0.797 bits per heavy atom. The number of amides is 1. The van der Waals surface area contributed by atoms with Crippen LogP contribution in [0.2, 0.25) is 0 Å². The van der Waals surface area contributed by atoms with Gasteiger partial charge < -0.3 is 51.5 Å². The molecule has 19 nitrogen and oxygen atoms in total. The van der Waals surface area contributed by atoms with E-state index in [0.29, 0.717) is 25.4 Å². The third-order valence-electron chi connectivity index (χ3n) is 10.7. The van der Waals surface area contributed by atoms with Crippen LogP contribution in [0.15, 0.2) is 34.1 Å². The molecular weight excluding hydrogens is 894 g/mol. The number of nitrogen functional groups attached to an aromatic ring is 2. The maximum atomic E-state index is 12.6. The van der Waals surface area contributed by atoms with Gasteiger partial charge in [-0.25, -0.2) is 26.4 Å². The van der Waals surface area contributed by atoms with Crippen LogP contribution in [0, 0.1) is 0 Å². The molecule has 3 heterocycles. The van der Waals surface area contributed by atoms with Crippen LogP contribution in [0.25, 0.3) is 0 Å². The zero-order valence-electron chi connectivity index (χ0n) is 38.7. The molecule has 1 unspecified atom stereocenters. The third kappa shape index (κ3) is 18.9. The number of methoxy groups -OCH3 is 2. The molecule has 3 aliphatic rings. The van der Waals surface area contributed by atoms with Crippen LogP contribution in [0.4, 0.5) is 16.2 Å². The molecule has 3 saturated heterocycles. The van der Waals surface area contributed by atoms with Crippen molar-refractivity contribution in [3.8, 4) is 11.5 Å². The van der Waals surface area contributed by atoms with Gasteiger partial charge in [-0.05, 0) is 71.3 Å². The Morgan fingerprint density at radius 3 is 1.64 bits per heavy atom. The molecule has 22 heteroatoms. The Kier molecular flexibility index (Phi) is 26.8. The van der Waals surface area contributed by atoms with Gasteiger partial charge in [0.1, 0.15) is 17.1 Å². The number of carbonyl (C=O) groups is 3. The van der Waals surface area contributed by atoms with E-state index in [1.54, 1.807) is 6.92 Å². The van der Waals surface area contributed by atoms with Crippen molar-refractivity contribution in [3.05, 3.63) is 35.4 Å². The first-order chi connectivity index (χ1) is 30.2. The molecule has 8 N–H and O–H groups in total. The Labute approximate surface area is 385 Å². The predicted octanol–water partition coefficient (Wildman–Crippen LogP) is 4.16. The number of nitrogens with two attached hydrogens (primary N) is 3. The highest BCUT2D eigenvalue weighted by Crippen LogP contribution is 2.31. The molecule has 2 aromatic rings. The largest absolute Gasteiger partial charge is 0.496 e. The van der Waals surface area contributed by atoms with Crippen molar-refractivity contribution in [1.29, 1.82) is 0 Å². The number of morpholine rings is 1. The molecule has 0 radical (unpaired) electrons. The van der Waals surface area contributed by atoms with E-state index in [2.05, 4.69) is 45.6 Å². The second kappa shape index (κ2) is 29.5. The quantitative estimate of drug-likeness (QED) is 0.131. The molecule has 0 bridgehead atoms. The molecule has 1 amide bonds. The summed E-state index contributed by atoms with van der Waals surface area (Å²) in [6, 6.07) is 6.09. The lowest BCUT2D eigenvalue weighted by Crippen LogP contribution is -2.40. The third-order valence-corrected chi connectivity index (χ3v) is 14.3. The number of carboxylic acid groups (broad SMARTS) is 1. The minimum atomic E-state index is -3.55. The summed E-state index contributed by atoms with van der Waals surface area (Å²) < 4.78 is 67.0. The summed E-state index contributed by atoms with van der Waals surface area (Å²) >= 11 is 4.72. The topological polar surface area (TPSA) is 276 Å². The van der Waals surface area contributed by atoms with Crippen LogP contribution in [0.5, 0.6) is 11.5 Å². The smallest absolute Gasteiger partial charge is 0.403 e. The van der Waals surface area contributed by atoms with Gasteiger partial charge in [-0.2, -0.15) is 0 Å². The Morgan fingerprint density at radius 2 is 1.28 bits per heavy atom. The van der Waals surface area contributed by atoms with Crippen LogP contribution >= 0.6 is 11.6 Å². The predicted molar refractivity (Wildman–Crippen MR) is 250 cm³/mol. The number of rotatable bonds is 14. The summed E-state index contributed by atoms with van der Waals surface area (Å²) in [5.74, 6) is -1.58. The summed E-state index contributed by atoms with van der Waals surface area (Å²) in [6.07, 6.45) is 5.95. The van der Waals surface area contributed by atoms with E-state index in [1.807, 2.05) is 0 Å². The number of sulfone groups is 2. The summed E-state index contributed by atoms with van der Waals surface area (Å²) in [5.41, 5.74) is 16.2. The van der Waals surface area contributed by atoms with E-state index < -0.39 is 31.1 Å². The van der Waals surface area contributed by atoms with Crippen molar-refractivity contribution in [3.63, 3.8) is 0 Å². The minimum Gasteiger partial charge on any atom is -0.496 e. The lowest BCUT2D eigenvalue weighted by atomic mass is 10.1. The van der Waals surface area contributed by atoms with E-state index in [1.165, 1.54) is 72.2 Å². The van der Waals surface area contributed by atoms with Gasteiger partial charge in [-0.15, -0.1) is 0 Å². The molecule has 2 atom stereocenters. The lowest BCUT2D eigenvalue weighted by molar-refractivity contribution is 0.0503. The highest BCUT2D eigenvalue weighted by atomic mass is 35.5. The molecule has 0 spiro atoms. The van der Waals surface area contributed by atoms with Crippen molar-refractivity contribution in [2.45, 2.75) is 88.6 Å². The zero-order valence-corrected chi connectivity index (χ0v) is 41.1. The monoisotopic (exact) mass is 965 g/mol. The van der Waals surface area contributed by atoms with E-state index in [0.717, 1.165) is 64.7 Å². The molecule has 5 rings (SSSR count). The number of likely N-dealkylation sites (tertiary alicyclic amines) is 2. The average Bonchev–Trinajstić information content (AvgIpc) is 3.95. The van der Waals surface area contributed by atoms with E-state index in [-0.39, 0.29) is 61.2 Å². The summed E-state index contributed by atoms with van der Waals surface area (Å²) in [5, 5.41) is 11.8. The van der Waals surface area contributed by atoms with E-state index in [9.17, 15) is 31.2 Å². The second-order valence-corrected chi connectivity index (χ2v) is 19.5. The number of hydrogen-bond donors (Lipinski definition) is 5. The van der Waals surface area contributed by atoms with Gasteiger partial charge in [0.25, 0.3) is 5.91 Å². The number of likely N-dealkylation sites (N-methyl/N-ethyl adjacent to an activating group) is 2. The number of benzene rings is 2. The second-order valence-electron chi connectivity index (χ2n) is 14.7. The molecule has 0 aliphatic carbocycles. The molecule has 64 heavy (non-hydrogen) atoms. The summed E-state index contributed by atoms with van der Waals surface area (Å²) in [4.78, 5) is 39.9. The van der Waals surface area contributed by atoms with Gasteiger partial charge in [-0.3, -0.25) is 14.6 Å². The summed E-state index contributed by atoms with van der Waals surface area (Å²) in [7, 11) is -2.25. The van der Waals surface area contributed by atoms with Crippen molar-refractivity contribution in [2.24, 2.45) is 5.73 Å². The number of ether oxygens (including phenoxy) is 4. The Balaban J connectivity index is 0.000000448. The van der Waals surface area contributed by atoms with Crippen LogP contribution in [-0.4, -0.2) is 165 Å².